The normalized spacial score (nSPS) is 33.4. The summed E-state index contributed by atoms with van der Waals surface area (Å²) in [5, 5.41) is 15.5. The van der Waals surface area contributed by atoms with Crippen LogP contribution in [0, 0.1) is 92.3 Å². The summed E-state index contributed by atoms with van der Waals surface area (Å²) in [5.74, 6) is -6.01. The summed E-state index contributed by atoms with van der Waals surface area (Å²) in [6, 6.07) is 16.5. The molecule has 82 heavy (non-hydrogen) atoms. The first-order chi connectivity index (χ1) is 39.2. The number of hydrogen-bond donors (Lipinski definition) is 2. The molecule has 19 heteroatoms. The van der Waals surface area contributed by atoms with Crippen molar-refractivity contribution in [1.82, 2.24) is 10.6 Å². The Morgan fingerprint density at radius 3 is 1.65 bits per heavy atom. The van der Waals surface area contributed by atoms with Gasteiger partial charge in [0.05, 0.1) is 11.4 Å². The van der Waals surface area contributed by atoms with Gasteiger partial charge in [-0.15, -0.1) is 0 Å². The van der Waals surface area contributed by atoms with E-state index in [1.165, 1.54) is 19.3 Å². The first kappa shape index (κ1) is 58.4. The fraction of sp³-hybridized carbons (Fsp3) is 0.587. The van der Waals surface area contributed by atoms with Crippen LogP contribution in [0.15, 0.2) is 70.0 Å². The highest BCUT2D eigenvalue weighted by molar-refractivity contribution is 6.09. The Labute approximate surface area is 475 Å². The molecule has 15 nitrogen and oxygen atoms in total. The summed E-state index contributed by atoms with van der Waals surface area (Å²) in [6.07, 6.45) is 17.6. The number of rotatable bonds is 12. The Morgan fingerprint density at radius 2 is 1.12 bits per heavy atom. The van der Waals surface area contributed by atoms with Crippen LogP contribution in [0.25, 0.3) is 10.4 Å². The number of amides is 3. The second-order valence-electron chi connectivity index (χ2n) is 25.6. The largest absolute Gasteiger partial charge is 0.386 e. The molecule has 0 spiro atoms. The molecule has 436 valence electrons. The summed E-state index contributed by atoms with van der Waals surface area (Å²) in [4.78, 5) is 87.6. The lowest BCUT2D eigenvalue weighted by Gasteiger charge is -2.59. The Kier molecular flexibility index (Phi) is 16.7. The van der Waals surface area contributed by atoms with E-state index in [4.69, 9.17) is 15.2 Å². The molecule has 3 aromatic carbocycles. The van der Waals surface area contributed by atoms with Gasteiger partial charge in [0.1, 0.15) is 22.8 Å². The highest BCUT2D eigenvalue weighted by Crippen LogP contribution is 2.67. The van der Waals surface area contributed by atoms with E-state index in [-0.39, 0.29) is 34.5 Å². The van der Waals surface area contributed by atoms with Crippen LogP contribution >= 0.6 is 0 Å². The third-order valence-electron chi connectivity index (χ3n) is 21.8. The van der Waals surface area contributed by atoms with Gasteiger partial charge in [-0.1, -0.05) is 91.7 Å². The van der Waals surface area contributed by atoms with Crippen LogP contribution in [-0.4, -0.2) is 59.7 Å². The van der Waals surface area contributed by atoms with Crippen molar-refractivity contribution in [3.63, 3.8) is 0 Å². The minimum absolute atomic E-state index is 0.0365. The van der Waals surface area contributed by atoms with Gasteiger partial charge in [0, 0.05) is 46.3 Å². The number of ketones is 3. The Hall–Kier alpha value is -6.75. The van der Waals surface area contributed by atoms with Crippen molar-refractivity contribution in [3.8, 4) is 0 Å². The Balaban J connectivity index is 0.000000184. The van der Waals surface area contributed by atoms with Crippen LogP contribution in [0.2, 0.25) is 0 Å². The molecular formula is C63H73F4N7O8. The summed E-state index contributed by atoms with van der Waals surface area (Å²) in [5.41, 5.74) is 9.21. The van der Waals surface area contributed by atoms with Crippen LogP contribution in [-0.2, 0) is 35.4 Å². The number of Topliss-reactive ketones (excluding diaryl/α,β-unsaturated/α-hetero) is 2. The lowest BCUT2D eigenvalue weighted by molar-refractivity contribution is -0.137. The molecule has 8 saturated carbocycles. The maximum atomic E-state index is 14.2. The number of azide groups is 1. The van der Waals surface area contributed by atoms with Crippen LogP contribution in [0.3, 0.4) is 0 Å². The Morgan fingerprint density at radius 1 is 0.610 bits per heavy atom. The van der Waals surface area contributed by atoms with Gasteiger partial charge in [0.25, 0.3) is 17.7 Å². The molecule has 3 aromatic rings. The van der Waals surface area contributed by atoms with E-state index in [1.807, 2.05) is 36.4 Å². The zero-order chi connectivity index (χ0) is 58.3. The van der Waals surface area contributed by atoms with Crippen LogP contribution in [0.4, 0.5) is 23.2 Å². The maximum absolute atomic E-state index is 14.2. The number of halogens is 4. The van der Waals surface area contributed by atoms with Crippen molar-refractivity contribution >= 4 is 52.2 Å². The van der Waals surface area contributed by atoms with Gasteiger partial charge in [-0.3, -0.25) is 34.1 Å². The van der Waals surface area contributed by atoms with E-state index in [2.05, 4.69) is 53.3 Å². The number of carbonyl (C=O) groups is 6. The third kappa shape index (κ3) is 10.9. The molecule has 0 bridgehead atoms. The molecule has 0 heterocycles. The number of nitrogens with one attached hydrogen (secondary N) is 2. The van der Waals surface area contributed by atoms with Gasteiger partial charge in [-0.2, -0.15) is 0 Å². The van der Waals surface area contributed by atoms with E-state index in [0.29, 0.717) is 101 Å². The molecule has 8 aliphatic rings. The monoisotopic (exact) mass is 1130 g/mol. The number of hydrogen-bond acceptors (Lipinski definition) is 11. The fourth-order valence-electron chi connectivity index (χ4n) is 17.2. The number of imide groups is 1. The van der Waals surface area contributed by atoms with Crippen molar-refractivity contribution in [3.05, 3.63) is 111 Å². The second-order valence-corrected chi connectivity index (χ2v) is 25.6. The van der Waals surface area contributed by atoms with Gasteiger partial charge in [0.2, 0.25) is 0 Å². The van der Waals surface area contributed by atoms with E-state index >= 15 is 0 Å². The summed E-state index contributed by atoms with van der Waals surface area (Å²) < 4.78 is 56.3. The smallest absolute Gasteiger partial charge is 0.267 e. The molecule has 0 saturated heterocycles. The first-order valence-electron chi connectivity index (χ1n) is 29.3. The van der Waals surface area contributed by atoms with E-state index in [0.717, 1.165) is 94.0 Å². The first-order valence-corrected chi connectivity index (χ1v) is 29.3. The van der Waals surface area contributed by atoms with Crippen molar-refractivity contribution in [2.45, 2.75) is 150 Å². The third-order valence-corrected chi connectivity index (χ3v) is 21.8. The van der Waals surface area contributed by atoms with Gasteiger partial charge in [0.15, 0.2) is 42.3 Å². The van der Waals surface area contributed by atoms with Crippen LogP contribution < -0.4 is 10.6 Å². The molecule has 3 amide bonds. The SMILES string of the molecule is C[C@]12CC/C(=N\OCC(=O)NC(=O)c3c(F)c(F)c(N=[N+]=[N-])c(F)c3F)C[C@@H]1CC[C@@H]1[C@@H]2CC[C@]2(C)C(=O)CC[C@@H]12.C[C@]12CC/C(=N\OCC(=O)NCc3cccc(C(=O)c4ccccc4)c3)C[C@@H]1CC[C@@H]1[C@@H]2CC[C@]2(C)C(=O)CC[C@@H]12. The van der Waals surface area contributed by atoms with Crippen molar-refractivity contribution in [2.75, 3.05) is 13.2 Å². The lowest BCUT2D eigenvalue weighted by atomic mass is 9.45. The lowest BCUT2D eigenvalue weighted by Crippen LogP contribution is -2.53. The number of benzene rings is 3. The molecule has 0 aliphatic heterocycles. The van der Waals surface area contributed by atoms with E-state index in [1.54, 1.807) is 23.5 Å². The van der Waals surface area contributed by atoms with Crippen molar-refractivity contribution in [1.29, 1.82) is 0 Å². The maximum Gasteiger partial charge on any atom is 0.267 e. The minimum Gasteiger partial charge on any atom is -0.386 e. The van der Waals surface area contributed by atoms with Gasteiger partial charge in [-0.25, -0.2) is 17.6 Å². The van der Waals surface area contributed by atoms with Crippen molar-refractivity contribution in [2.24, 2.45) is 84.4 Å². The minimum atomic E-state index is -2.11. The summed E-state index contributed by atoms with van der Waals surface area (Å²) in [6.45, 7) is 8.71. The average Bonchev–Trinajstić information content (AvgIpc) is 4.00. The quantitative estimate of drug-likeness (QED) is 0.0337. The number of oxime groups is 2. The highest BCUT2D eigenvalue weighted by Gasteiger charge is 2.62. The van der Waals surface area contributed by atoms with Gasteiger partial charge >= 0.3 is 0 Å². The van der Waals surface area contributed by atoms with E-state index in [9.17, 15) is 46.3 Å². The van der Waals surface area contributed by atoms with Gasteiger partial charge < -0.3 is 15.0 Å². The molecule has 8 aliphatic carbocycles. The molecule has 12 atom stereocenters. The molecule has 2 N–H and O–H groups in total. The van der Waals surface area contributed by atoms with Crippen molar-refractivity contribution < 1.29 is 56.0 Å². The van der Waals surface area contributed by atoms with Crippen LogP contribution in [0.1, 0.15) is 175 Å². The van der Waals surface area contributed by atoms with E-state index < -0.39 is 52.9 Å². The molecule has 0 radical (unpaired) electrons. The molecule has 0 unspecified atom stereocenters. The van der Waals surface area contributed by atoms with Gasteiger partial charge in [-0.05, 0) is 178 Å². The fourth-order valence-corrected chi connectivity index (χ4v) is 17.2. The molecule has 0 aromatic heterocycles. The van der Waals surface area contributed by atoms with Crippen LogP contribution in [0.5, 0.6) is 0 Å². The summed E-state index contributed by atoms with van der Waals surface area (Å²) >= 11 is 0. The zero-order valence-electron chi connectivity index (χ0n) is 47.2. The molecule has 11 rings (SSSR count). The number of carbonyl (C=O) groups excluding carboxylic acids is 6. The Bertz CT molecular complexity index is 3140. The predicted octanol–water partition coefficient (Wildman–Crippen LogP) is 12.9. The number of nitrogens with zero attached hydrogens (tertiary/aromatic N) is 5. The average molecular weight is 1130 g/mol. The number of fused-ring (bicyclic) bond motifs is 10. The molecule has 8 fully saturated rings. The highest BCUT2D eigenvalue weighted by atomic mass is 19.2. The second kappa shape index (κ2) is 23.5. The zero-order valence-corrected chi connectivity index (χ0v) is 47.2. The molecular weight excluding hydrogens is 1060 g/mol. The summed E-state index contributed by atoms with van der Waals surface area (Å²) in [7, 11) is 0. The predicted molar refractivity (Wildman–Crippen MR) is 296 cm³/mol. The topological polar surface area (TPSA) is 218 Å². The standard InChI is InChI=1S/C35H42N2O4.C28H31F4N5O4/c1-34-17-15-27(20-26(34)11-12-28-29-13-14-31(38)35(29,2)18-16-30(28)34)37-41-22-32(39)36-21-23-7-6-10-25(19-23)33(40)24-8-4-3-5-9-24;1-27-9-7-14(11-13(27)3-4-15-16-5-6-18(38)28(16,2)10-8-17(15)27)36-41-12-19(39)34-26(40)20-21(29)23(31)25(35-37-33)24(32)22(20)30/h3-10,19,26,28-30H,11-18,20-22H2,1-2H3,(H,36,39);13,15-17H,3-12H2,1-2H3,(H,34,39,40)/b37-27+;36-14+/t26-,28-,29-,30-,34-,35-;13-,15-,16-,17-,27-,28-/m00/s1.